The highest BCUT2D eigenvalue weighted by molar-refractivity contribution is 6.06. The van der Waals surface area contributed by atoms with Crippen molar-refractivity contribution in [3.05, 3.63) is 23.0 Å². The van der Waals surface area contributed by atoms with Crippen LogP contribution in [0, 0.1) is 19.8 Å². The predicted molar refractivity (Wildman–Crippen MR) is 73.5 cm³/mol. The van der Waals surface area contributed by atoms with E-state index in [2.05, 4.69) is 5.32 Å². The molecule has 1 N–H and O–H groups in total. The molecule has 0 saturated carbocycles. The standard InChI is InChI=1S/C14H19N3O3/c1-8-6-15-14(20)17(13(8)19)7-12(18)11-5-9(2)16(4)10(11)3/h5,8H,6-7H2,1-4H3,(H,15,20)/t8-/m1/s1. The molecule has 1 atom stereocenters. The Morgan fingerprint density at radius 1 is 1.40 bits per heavy atom. The van der Waals surface area contributed by atoms with E-state index in [1.807, 2.05) is 25.5 Å². The number of urea groups is 1. The van der Waals surface area contributed by atoms with E-state index >= 15 is 0 Å². The second-order valence-electron chi connectivity index (χ2n) is 5.28. The number of aryl methyl sites for hydroxylation is 1. The van der Waals surface area contributed by atoms with Gasteiger partial charge in [-0.15, -0.1) is 0 Å². The number of imide groups is 1. The van der Waals surface area contributed by atoms with Crippen LogP contribution in [-0.4, -0.2) is 40.3 Å². The van der Waals surface area contributed by atoms with E-state index in [9.17, 15) is 14.4 Å². The zero-order valence-electron chi connectivity index (χ0n) is 12.2. The first-order valence-electron chi connectivity index (χ1n) is 6.58. The first-order valence-corrected chi connectivity index (χ1v) is 6.58. The molecule has 2 rings (SSSR count). The summed E-state index contributed by atoms with van der Waals surface area (Å²) < 4.78 is 1.91. The third kappa shape index (κ3) is 2.33. The molecule has 0 radical (unpaired) electrons. The molecule has 1 aromatic rings. The number of aromatic nitrogens is 1. The van der Waals surface area contributed by atoms with Gasteiger partial charge in [-0.25, -0.2) is 4.79 Å². The second-order valence-corrected chi connectivity index (χ2v) is 5.28. The van der Waals surface area contributed by atoms with E-state index in [-0.39, 0.29) is 24.2 Å². The second kappa shape index (κ2) is 5.11. The summed E-state index contributed by atoms with van der Waals surface area (Å²) in [7, 11) is 1.88. The molecule has 108 valence electrons. The molecule has 0 spiro atoms. The molecule has 1 aromatic heterocycles. The lowest BCUT2D eigenvalue weighted by Gasteiger charge is -2.29. The molecule has 6 nitrogen and oxygen atoms in total. The van der Waals surface area contributed by atoms with Crippen LogP contribution in [0.1, 0.15) is 28.7 Å². The molecular weight excluding hydrogens is 258 g/mol. The lowest BCUT2D eigenvalue weighted by Crippen LogP contribution is -2.55. The molecular formula is C14H19N3O3. The Kier molecular flexibility index (Phi) is 3.65. The molecule has 1 saturated heterocycles. The summed E-state index contributed by atoms with van der Waals surface area (Å²) in [6.45, 7) is 5.61. The van der Waals surface area contributed by atoms with Crippen LogP contribution in [0.4, 0.5) is 4.79 Å². The van der Waals surface area contributed by atoms with Crippen molar-refractivity contribution in [3.63, 3.8) is 0 Å². The maximum absolute atomic E-state index is 12.3. The fraction of sp³-hybridized carbons (Fsp3) is 0.500. The van der Waals surface area contributed by atoms with Crippen molar-refractivity contribution in [2.75, 3.05) is 13.1 Å². The van der Waals surface area contributed by atoms with E-state index < -0.39 is 6.03 Å². The van der Waals surface area contributed by atoms with Crippen molar-refractivity contribution in [3.8, 4) is 0 Å². The number of nitrogens with zero attached hydrogens (tertiary/aromatic N) is 2. The minimum atomic E-state index is -0.494. The Hall–Kier alpha value is -2.11. The van der Waals surface area contributed by atoms with Gasteiger partial charge in [0, 0.05) is 30.5 Å². The highest BCUT2D eigenvalue weighted by Gasteiger charge is 2.33. The van der Waals surface area contributed by atoms with E-state index in [1.54, 1.807) is 13.0 Å². The average molecular weight is 277 g/mol. The zero-order chi connectivity index (χ0) is 15.0. The number of hydrogen-bond acceptors (Lipinski definition) is 3. The van der Waals surface area contributed by atoms with Crippen molar-refractivity contribution in [1.82, 2.24) is 14.8 Å². The summed E-state index contributed by atoms with van der Waals surface area (Å²) in [6, 6.07) is 1.29. The molecule has 2 heterocycles. The number of ketones is 1. The largest absolute Gasteiger partial charge is 0.351 e. The number of hydrogen-bond donors (Lipinski definition) is 1. The maximum atomic E-state index is 12.3. The minimum Gasteiger partial charge on any atom is -0.351 e. The zero-order valence-corrected chi connectivity index (χ0v) is 12.2. The van der Waals surface area contributed by atoms with Gasteiger partial charge in [0.25, 0.3) is 0 Å². The summed E-state index contributed by atoms with van der Waals surface area (Å²) in [5.41, 5.74) is 2.36. The molecule has 0 aromatic carbocycles. The third-order valence-electron chi connectivity index (χ3n) is 3.87. The van der Waals surface area contributed by atoms with Crippen LogP contribution in [0.5, 0.6) is 0 Å². The number of rotatable bonds is 3. The fourth-order valence-electron chi connectivity index (χ4n) is 2.31. The topological polar surface area (TPSA) is 71.4 Å². The van der Waals surface area contributed by atoms with Crippen LogP contribution in [0.15, 0.2) is 6.07 Å². The molecule has 0 unspecified atom stereocenters. The van der Waals surface area contributed by atoms with E-state index in [0.717, 1.165) is 16.3 Å². The Bertz CT molecular complexity index is 589. The fourth-order valence-corrected chi connectivity index (χ4v) is 2.31. The van der Waals surface area contributed by atoms with Crippen molar-refractivity contribution >= 4 is 17.7 Å². The van der Waals surface area contributed by atoms with Crippen LogP contribution >= 0.6 is 0 Å². The summed E-state index contributed by atoms with van der Waals surface area (Å²) in [5.74, 6) is -0.810. The van der Waals surface area contributed by atoms with Crippen molar-refractivity contribution in [2.45, 2.75) is 20.8 Å². The molecule has 0 bridgehead atoms. The SMILES string of the molecule is Cc1cc(C(=O)CN2C(=O)NC[C@@H](C)C2=O)c(C)n1C. The van der Waals surface area contributed by atoms with Gasteiger partial charge in [0.1, 0.15) is 0 Å². The summed E-state index contributed by atoms with van der Waals surface area (Å²) in [4.78, 5) is 37.0. The number of carbonyl (C=O) groups excluding carboxylic acids is 3. The molecule has 1 aliphatic heterocycles. The minimum absolute atomic E-state index is 0.209. The summed E-state index contributed by atoms with van der Waals surface area (Å²) >= 11 is 0. The highest BCUT2D eigenvalue weighted by atomic mass is 16.2. The van der Waals surface area contributed by atoms with Crippen molar-refractivity contribution in [1.29, 1.82) is 0 Å². The first kappa shape index (κ1) is 14.3. The van der Waals surface area contributed by atoms with Gasteiger partial charge >= 0.3 is 6.03 Å². The Morgan fingerprint density at radius 2 is 2.05 bits per heavy atom. The Labute approximate surface area is 117 Å². The molecule has 20 heavy (non-hydrogen) atoms. The molecule has 1 fully saturated rings. The predicted octanol–water partition coefficient (Wildman–Crippen LogP) is 1.01. The Balaban J connectivity index is 2.20. The van der Waals surface area contributed by atoms with Crippen LogP contribution < -0.4 is 5.32 Å². The average Bonchev–Trinajstić information content (AvgIpc) is 2.67. The van der Waals surface area contributed by atoms with Crippen LogP contribution in [0.3, 0.4) is 0 Å². The molecule has 6 heteroatoms. The normalized spacial score (nSPS) is 19.2. The lowest BCUT2D eigenvalue weighted by atomic mass is 10.1. The summed E-state index contributed by atoms with van der Waals surface area (Å²) in [6.07, 6.45) is 0. The van der Waals surface area contributed by atoms with Gasteiger partial charge < -0.3 is 9.88 Å². The third-order valence-corrected chi connectivity index (χ3v) is 3.87. The van der Waals surface area contributed by atoms with E-state index in [4.69, 9.17) is 0 Å². The van der Waals surface area contributed by atoms with Crippen molar-refractivity contribution in [2.24, 2.45) is 13.0 Å². The number of amides is 3. The smallest absolute Gasteiger partial charge is 0.324 e. The maximum Gasteiger partial charge on any atom is 0.324 e. The lowest BCUT2D eigenvalue weighted by molar-refractivity contribution is -0.132. The van der Waals surface area contributed by atoms with Crippen LogP contribution in [-0.2, 0) is 11.8 Å². The number of carbonyl (C=O) groups is 3. The monoisotopic (exact) mass is 277 g/mol. The quantitative estimate of drug-likeness (QED) is 0.838. The van der Waals surface area contributed by atoms with Gasteiger partial charge in [-0.1, -0.05) is 6.92 Å². The van der Waals surface area contributed by atoms with Gasteiger partial charge in [-0.3, -0.25) is 14.5 Å². The van der Waals surface area contributed by atoms with Crippen LogP contribution in [0.2, 0.25) is 0 Å². The van der Waals surface area contributed by atoms with E-state index in [0.29, 0.717) is 12.1 Å². The van der Waals surface area contributed by atoms with Crippen LogP contribution in [0.25, 0.3) is 0 Å². The summed E-state index contributed by atoms with van der Waals surface area (Å²) in [5, 5.41) is 2.61. The van der Waals surface area contributed by atoms with Gasteiger partial charge in [-0.2, -0.15) is 0 Å². The van der Waals surface area contributed by atoms with Gasteiger partial charge in [0.15, 0.2) is 5.78 Å². The number of Topliss-reactive ketones (excluding diaryl/α,β-unsaturated/α-hetero) is 1. The molecule has 3 amide bonds. The van der Waals surface area contributed by atoms with Gasteiger partial charge in [-0.05, 0) is 19.9 Å². The first-order chi connectivity index (χ1) is 9.32. The Morgan fingerprint density at radius 3 is 2.60 bits per heavy atom. The van der Waals surface area contributed by atoms with E-state index in [1.165, 1.54) is 0 Å². The number of nitrogens with one attached hydrogen (secondary N) is 1. The molecule has 1 aliphatic rings. The van der Waals surface area contributed by atoms with Gasteiger partial charge in [0.05, 0.1) is 12.5 Å². The molecule has 0 aliphatic carbocycles. The highest BCUT2D eigenvalue weighted by Crippen LogP contribution is 2.16. The van der Waals surface area contributed by atoms with Crippen molar-refractivity contribution < 1.29 is 14.4 Å². The van der Waals surface area contributed by atoms with Gasteiger partial charge in [0.2, 0.25) is 5.91 Å².